The van der Waals surface area contributed by atoms with Crippen molar-refractivity contribution in [2.24, 2.45) is 5.73 Å². The van der Waals surface area contributed by atoms with Crippen LogP contribution in [0.15, 0.2) is 36.5 Å². The molecule has 6 nitrogen and oxygen atoms in total. The van der Waals surface area contributed by atoms with Gasteiger partial charge in [-0.2, -0.15) is 5.26 Å². The third kappa shape index (κ3) is 4.67. The number of pyridine rings is 1. The van der Waals surface area contributed by atoms with Crippen LogP contribution in [0.25, 0.3) is 0 Å². The SMILES string of the molecule is CC(C)(C)c1c(NC(=O)Cc2cccc(CC#N)c2)ccnc1C(N)=O. The molecule has 1 aromatic heterocycles. The lowest BCUT2D eigenvalue weighted by atomic mass is 9.84. The van der Waals surface area contributed by atoms with Crippen LogP contribution in [-0.2, 0) is 23.1 Å². The normalized spacial score (nSPS) is 10.8. The first-order chi connectivity index (χ1) is 12.2. The smallest absolute Gasteiger partial charge is 0.267 e. The second kappa shape index (κ2) is 7.79. The van der Waals surface area contributed by atoms with Crippen molar-refractivity contribution in [2.75, 3.05) is 5.32 Å². The van der Waals surface area contributed by atoms with Gasteiger partial charge in [-0.15, -0.1) is 0 Å². The number of primary amides is 1. The van der Waals surface area contributed by atoms with Crippen LogP contribution >= 0.6 is 0 Å². The third-order valence-electron chi connectivity index (χ3n) is 3.85. The van der Waals surface area contributed by atoms with E-state index in [0.717, 1.165) is 11.1 Å². The molecule has 0 radical (unpaired) electrons. The Morgan fingerprint density at radius 2 is 1.92 bits per heavy atom. The lowest BCUT2D eigenvalue weighted by Crippen LogP contribution is -2.26. The summed E-state index contributed by atoms with van der Waals surface area (Å²) in [6.45, 7) is 5.78. The molecule has 3 N–H and O–H groups in total. The van der Waals surface area contributed by atoms with Gasteiger partial charge in [-0.05, 0) is 22.6 Å². The van der Waals surface area contributed by atoms with Crippen LogP contribution < -0.4 is 11.1 Å². The molecule has 134 valence electrons. The summed E-state index contributed by atoms with van der Waals surface area (Å²) in [6, 6.07) is 11.1. The van der Waals surface area contributed by atoms with Gasteiger partial charge in [0.2, 0.25) is 5.91 Å². The highest BCUT2D eigenvalue weighted by atomic mass is 16.2. The first kappa shape index (κ1) is 19.1. The molecule has 2 amide bonds. The molecular formula is C20H22N4O2. The van der Waals surface area contributed by atoms with Gasteiger partial charge in [-0.25, -0.2) is 0 Å². The molecule has 2 rings (SSSR count). The Bertz CT molecular complexity index is 876. The molecule has 0 aliphatic heterocycles. The molecular weight excluding hydrogens is 328 g/mol. The average molecular weight is 350 g/mol. The fourth-order valence-corrected chi connectivity index (χ4v) is 2.83. The number of nitrogens with one attached hydrogen (secondary N) is 1. The number of hydrogen-bond donors (Lipinski definition) is 2. The lowest BCUT2D eigenvalue weighted by molar-refractivity contribution is -0.115. The fraction of sp³-hybridized carbons (Fsp3) is 0.300. The van der Waals surface area contributed by atoms with E-state index < -0.39 is 11.3 Å². The molecule has 0 fully saturated rings. The Labute approximate surface area is 153 Å². The van der Waals surface area contributed by atoms with Crippen LogP contribution in [-0.4, -0.2) is 16.8 Å². The minimum absolute atomic E-state index is 0.159. The standard InChI is InChI=1S/C20H22N4O2/c1-20(2,3)17-15(8-10-23-18(17)19(22)26)24-16(25)12-14-6-4-5-13(11-14)7-9-21/h4-6,8,10-11H,7,12H2,1-3H3,(H2,22,26)(H,23,24,25). The van der Waals surface area contributed by atoms with Crippen molar-refractivity contribution >= 4 is 17.5 Å². The largest absolute Gasteiger partial charge is 0.364 e. The molecule has 0 aliphatic carbocycles. The quantitative estimate of drug-likeness (QED) is 0.864. The molecule has 6 heteroatoms. The van der Waals surface area contributed by atoms with Gasteiger partial charge in [-0.3, -0.25) is 14.6 Å². The summed E-state index contributed by atoms with van der Waals surface area (Å²) < 4.78 is 0. The zero-order valence-electron chi connectivity index (χ0n) is 15.2. The topological polar surface area (TPSA) is 109 Å². The second-order valence-corrected chi connectivity index (χ2v) is 7.08. The zero-order chi connectivity index (χ0) is 19.3. The minimum atomic E-state index is -0.629. The predicted molar refractivity (Wildman–Crippen MR) is 99.5 cm³/mol. The highest BCUT2D eigenvalue weighted by Crippen LogP contribution is 2.31. The summed E-state index contributed by atoms with van der Waals surface area (Å²) >= 11 is 0. The number of carbonyl (C=O) groups is 2. The number of aromatic nitrogens is 1. The summed E-state index contributed by atoms with van der Waals surface area (Å²) in [5, 5.41) is 11.7. The van der Waals surface area contributed by atoms with Crippen molar-refractivity contribution in [3.63, 3.8) is 0 Å². The Morgan fingerprint density at radius 1 is 1.23 bits per heavy atom. The van der Waals surface area contributed by atoms with Crippen LogP contribution in [0.1, 0.15) is 48.0 Å². The zero-order valence-corrected chi connectivity index (χ0v) is 15.2. The molecule has 0 saturated carbocycles. The minimum Gasteiger partial charge on any atom is -0.364 e. The molecule has 0 atom stereocenters. The predicted octanol–water partition coefficient (Wildman–Crippen LogP) is 2.73. The maximum absolute atomic E-state index is 12.5. The van der Waals surface area contributed by atoms with Crippen molar-refractivity contribution in [3.8, 4) is 6.07 Å². The molecule has 0 spiro atoms. The van der Waals surface area contributed by atoms with Crippen molar-refractivity contribution in [1.82, 2.24) is 4.98 Å². The van der Waals surface area contributed by atoms with E-state index in [1.54, 1.807) is 6.07 Å². The number of amides is 2. The Morgan fingerprint density at radius 3 is 2.54 bits per heavy atom. The molecule has 26 heavy (non-hydrogen) atoms. The second-order valence-electron chi connectivity index (χ2n) is 7.08. The van der Waals surface area contributed by atoms with Crippen LogP contribution in [0.5, 0.6) is 0 Å². The van der Waals surface area contributed by atoms with E-state index in [9.17, 15) is 9.59 Å². The van der Waals surface area contributed by atoms with E-state index >= 15 is 0 Å². The fourth-order valence-electron chi connectivity index (χ4n) is 2.83. The monoisotopic (exact) mass is 350 g/mol. The van der Waals surface area contributed by atoms with Crippen molar-refractivity contribution < 1.29 is 9.59 Å². The van der Waals surface area contributed by atoms with Crippen molar-refractivity contribution in [2.45, 2.75) is 39.0 Å². The first-order valence-corrected chi connectivity index (χ1v) is 8.26. The lowest BCUT2D eigenvalue weighted by Gasteiger charge is -2.24. The van der Waals surface area contributed by atoms with Crippen molar-refractivity contribution in [3.05, 3.63) is 58.9 Å². The van der Waals surface area contributed by atoms with E-state index in [1.807, 2.05) is 45.0 Å². The van der Waals surface area contributed by atoms with Crippen molar-refractivity contribution in [1.29, 1.82) is 5.26 Å². The molecule has 1 heterocycles. The number of nitriles is 1. The summed E-state index contributed by atoms with van der Waals surface area (Å²) in [6.07, 6.45) is 1.92. The number of rotatable bonds is 5. The van der Waals surface area contributed by atoms with Crippen LogP contribution in [0.2, 0.25) is 0 Å². The molecule has 0 bridgehead atoms. The summed E-state index contributed by atoms with van der Waals surface area (Å²) in [5.74, 6) is -0.846. The number of benzene rings is 1. The molecule has 1 aromatic carbocycles. The Kier molecular flexibility index (Phi) is 5.73. The van der Waals surface area contributed by atoms with Gasteiger partial charge in [0.1, 0.15) is 5.69 Å². The van der Waals surface area contributed by atoms with E-state index in [2.05, 4.69) is 16.4 Å². The maximum atomic E-state index is 12.5. The summed E-state index contributed by atoms with van der Waals surface area (Å²) in [5.41, 5.74) is 8.00. The van der Waals surface area contributed by atoms with E-state index in [4.69, 9.17) is 11.0 Å². The third-order valence-corrected chi connectivity index (χ3v) is 3.85. The van der Waals surface area contributed by atoms with Crippen LogP contribution in [0, 0.1) is 11.3 Å². The highest BCUT2D eigenvalue weighted by molar-refractivity contribution is 5.98. The summed E-state index contributed by atoms with van der Waals surface area (Å²) in [4.78, 5) is 28.3. The highest BCUT2D eigenvalue weighted by Gasteiger charge is 2.26. The van der Waals surface area contributed by atoms with Crippen LogP contribution in [0.4, 0.5) is 5.69 Å². The average Bonchev–Trinajstić information content (AvgIpc) is 2.54. The van der Waals surface area contributed by atoms with E-state index in [0.29, 0.717) is 17.7 Å². The van der Waals surface area contributed by atoms with Crippen LogP contribution in [0.3, 0.4) is 0 Å². The van der Waals surface area contributed by atoms with E-state index in [1.165, 1.54) is 6.20 Å². The van der Waals surface area contributed by atoms with Gasteiger partial charge in [0.05, 0.1) is 18.9 Å². The first-order valence-electron chi connectivity index (χ1n) is 8.26. The number of carbonyl (C=O) groups excluding carboxylic acids is 2. The van der Waals surface area contributed by atoms with Gasteiger partial charge >= 0.3 is 0 Å². The van der Waals surface area contributed by atoms with Gasteiger partial charge in [0, 0.05) is 17.4 Å². The maximum Gasteiger partial charge on any atom is 0.267 e. The number of nitrogens with zero attached hydrogens (tertiary/aromatic N) is 2. The Balaban J connectivity index is 2.27. The number of nitrogens with two attached hydrogens (primary N) is 1. The molecule has 0 unspecified atom stereocenters. The summed E-state index contributed by atoms with van der Waals surface area (Å²) in [7, 11) is 0. The number of anilines is 1. The molecule has 2 aromatic rings. The van der Waals surface area contributed by atoms with E-state index in [-0.39, 0.29) is 18.0 Å². The number of hydrogen-bond acceptors (Lipinski definition) is 4. The van der Waals surface area contributed by atoms with Gasteiger partial charge in [0.15, 0.2) is 0 Å². The van der Waals surface area contributed by atoms with Gasteiger partial charge < -0.3 is 11.1 Å². The molecule has 0 saturated heterocycles. The molecule has 0 aliphatic rings. The van der Waals surface area contributed by atoms with Gasteiger partial charge in [-0.1, -0.05) is 45.0 Å². The Hall–Kier alpha value is -3.20. The van der Waals surface area contributed by atoms with Gasteiger partial charge in [0.25, 0.3) is 5.91 Å².